The zero-order chi connectivity index (χ0) is 12.1. The van der Waals surface area contributed by atoms with E-state index in [2.05, 4.69) is 48.4 Å². The predicted octanol–water partition coefficient (Wildman–Crippen LogP) is 3.56. The highest BCUT2D eigenvalue weighted by atomic mass is 32.1. The monoisotopic (exact) mass is 246 g/mol. The molecule has 2 nitrogen and oxygen atoms in total. The quantitative estimate of drug-likeness (QED) is 0.872. The molecule has 2 aromatic rings. The lowest BCUT2D eigenvalue weighted by molar-refractivity contribution is 0.578. The standard InChI is InChI=1S/C14H18N2S/c1-3-13-4-5-14(17-13)10-16-11(2)12-6-8-15-9-7-12/h4-9,11,16H,3,10H2,1-2H3/t11-/m0/s1. The van der Waals surface area contributed by atoms with Crippen molar-refractivity contribution in [2.75, 3.05) is 0 Å². The van der Waals surface area contributed by atoms with Gasteiger partial charge in [-0.2, -0.15) is 0 Å². The van der Waals surface area contributed by atoms with Crippen LogP contribution in [0.5, 0.6) is 0 Å². The first kappa shape index (κ1) is 12.3. The Balaban J connectivity index is 1.90. The number of aromatic nitrogens is 1. The van der Waals surface area contributed by atoms with Gasteiger partial charge in [-0.3, -0.25) is 4.98 Å². The Morgan fingerprint density at radius 3 is 2.53 bits per heavy atom. The van der Waals surface area contributed by atoms with Crippen LogP contribution in [0.25, 0.3) is 0 Å². The molecule has 2 aromatic heterocycles. The van der Waals surface area contributed by atoms with Gasteiger partial charge in [0.15, 0.2) is 0 Å². The first-order chi connectivity index (χ1) is 8.29. The Kier molecular flexibility index (Phi) is 4.29. The van der Waals surface area contributed by atoms with Crippen LogP contribution in [0, 0.1) is 0 Å². The van der Waals surface area contributed by atoms with Crippen LogP contribution in [0.1, 0.15) is 35.2 Å². The predicted molar refractivity (Wildman–Crippen MR) is 73.2 cm³/mol. The summed E-state index contributed by atoms with van der Waals surface area (Å²) in [5.41, 5.74) is 1.28. The third-order valence-electron chi connectivity index (χ3n) is 2.85. The number of nitrogens with one attached hydrogen (secondary N) is 1. The van der Waals surface area contributed by atoms with Crippen LogP contribution in [0.2, 0.25) is 0 Å². The van der Waals surface area contributed by atoms with E-state index in [9.17, 15) is 0 Å². The van der Waals surface area contributed by atoms with Crippen molar-refractivity contribution >= 4 is 11.3 Å². The Labute approximate surface area is 107 Å². The summed E-state index contributed by atoms with van der Waals surface area (Å²) in [5.74, 6) is 0. The van der Waals surface area contributed by atoms with Crippen molar-refractivity contribution in [1.82, 2.24) is 10.3 Å². The molecule has 0 aliphatic heterocycles. The minimum Gasteiger partial charge on any atom is -0.305 e. The summed E-state index contributed by atoms with van der Waals surface area (Å²) in [7, 11) is 0. The van der Waals surface area contributed by atoms with Gasteiger partial charge in [0.1, 0.15) is 0 Å². The molecule has 0 unspecified atom stereocenters. The number of aryl methyl sites for hydroxylation is 1. The van der Waals surface area contributed by atoms with Crippen LogP contribution in [-0.4, -0.2) is 4.98 Å². The molecule has 0 aliphatic rings. The lowest BCUT2D eigenvalue weighted by Gasteiger charge is -2.12. The molecule has 0 spiro atoms. The largest absolute Gasteiger partial charge is 0.305 e. The number of nitrogens with zero attached hydrogens (tertiary/aromatic N) is 1. The van der Waals surface area contributed by atoms with E-state index in [0.29, 0.717) is 6.04 Å². The third kappa shape index (κ3) is 3.38. The number of rotatable bonds is 5. The molecule has 1 N–H and O–H groups in total. The minimum atomic E-state index is 0.366. The van der Waals surface area contributed by atoms with E-state index in [-0.39, 0.29) is 0 Å². The first-order valence-electron chi connectivity index (χ1n) is 6.00. The van der Waals surface area contributed by atoms with Crippen molar-refractivity contribution in [3.8, 4) is 0 Å². The van der Waals surface area contributed by atoms with Gasteiger partial charge in [0.2, 0.25) is 0 Å². The van der Waals surface area contributed by atoms with Gasteiger partial charge < -0.3 is 5.32 Å². The molecule has 0 radical (unpaired) electrons. The summed E-state index contributed by atoms with van der Waals surface area (Å²) in [6.07, 6.45) is 4.81. The molecule has 2 heterocycles. The van der Waals surface area contributed by atoms with Crippen LogP contribution >= 0.6 is 11.3 Å². The van der Waals surface area contributed by atoms with Crippen molar-refractivity contribution in [1.29, 1.82) is 0 Å². The fourth-order valence-corrected chi connectivity index (χ4v) is 2.64. The van der Waals surface area contributed by atoms with Crippen LogP contribution in [0.3, 0.4) is 0 Å². The molecule has 0 fully saturated rings. The van der Waals surface area contributed by atoms with Gasteiger partial charge in [-0.1, -0.05) is 6.92 Å². The Morgan fingerprint density at radius 2 is 1.88 bits per heavy atom. The van der Waals surface area contributed by atoms with Crippen molar-refractivity contribution in [3.63, 3.8) is 0 Å². The van der Waals surface area contributed by atoms with Crippen LogP contribution in [-0.2, 0) is 13.0 Å². The first-order valence-corrected chi connectivity index (χ1v) is 6.82. The number of thiophene rings is 1. The van der Waals surface area contributed by atoms with Gasteiger partial charge in [-0.05, 0) is 43.2 Å². The molecule has 17 heavy (non-hydrogen) atoms. The number of hydrogen-bond donors (Lipinski definition) is 1. The summed E-state index contributed by atoms with van der Waals surface area (Å²) in [6.45, 7) is 5.32. The molecule has 0 aromatic carbocycles. The van der Waals surface area contributed by atoms with Crippen LogP contribution in [0.4, 0.5) is 0 Å². The summed E-state index contributed by atoms with van der Waals surface area (Å²) in [5, 5.41) is 3.54. The minimum absolute atomic E-state index is 0.366. The summed E-state index contributed by atoms with van der Waals surface area (Å²) >= 11 is 1.90. The van der Waals surface area contributed by atoms with Gasteiger partial charge in [-0.15, -0.1) is 11.3 Å². The van der Waals surface area contributed by atoms with Crippen molar-refractivity contribution < 1.29 is 0 Å². The Hall–Kier alpha value is -1.19. The lowest BCUT2D eigenvalue weighted by atomic mass is 10.1. The highest BCUT2D eigenvalue weighted by Crippen LogP contribution is 2.18. The maximum absolute atomic E-state index is 4.03. The lowest BCUT2D eigenvalue weighted by Crippen LogP contribution is -2.17. The molecule has 90 valence electrons. The molecule has 0 bridgehead atoms. The summed E-state index contributed by atoms with van der Waals surface area (Å²) in [4.78, 5) is 6.90. The molecule has 3 heteroatoms. The van der Waals surface area contributed by atoms with E-state index >= 15 is 0 Å². The van der Waals surface area contributed by atoms with E-state index in [4.69, 9.17) is 0 Å². The molecule has 0 saturated carbocycles. The van der Waals surface area contributed by atoms with E-state index in [1.807, 2.05) is 23.7 Å². The van der Waals surface area contributed by atoms with Crippen molar-refractivity contribution in [2.24, 2.45) is 0 Å². The normalized spacial score (nSPS) is 12.6. The average molecular weight is 246 g/mol. The molecule has 1 atom stereocenters. The van der Waals surface area contributed by atoms with E-state index in [1.54, 1.807) is 0 Å². The van der Waals surface area contributed by atoms with Gasteiger partial charge in [0.25, 0.3) is 0 Å². The third-order valence-corrected chi connectivity index (χ3v) is 4.08. The second-order valence-electron chi connectivity index (χ2n) is 4.10. The topological polar surface area (TPSA) is 24.9 Å². The van der Waals surface area contributed by atoms with Gasteiger partial charge in [-0.25, -0.2) is 0 Å². The zero-order valence-electron chi connectivity index (χ0n) is 10.3. The van der Waals surface area contributed by atoms with Crippen molar-refractivity contribution in [2.45, 2.75) is 32.9 Å². The van der Waals surface area contributed by atoms with Crippen LogP contribution < -0.4 is 5.32 Å². The smallest absolute Gasteiger partial charge is 0.0305 e. The highest BCUT2D eigenvalue weighted by molar-refractivity contribution is 7.11. The van der Waals surface area contributed by atoms with Crippen molar-refractivity contribution in [3.05, 3.63) is 52.0 Å². The summed E-state index contributed by atoms with van der Waals surface area (Å²) < 4.78 is 0. The Bertz CT molecular complexity index is 450. The fourth-order valence-electron chi connectivity index (χ4n) is 1.73. The average Bonchev–Trinajstić information content (AvgIpc) is 2.85. The fraction of sp³-hybridized carbons (Fsp3) is 0.357. The van der Waals surface area contributed by atoms with Gasteiger partial charge in [0, 0.05) is 34.7 Å². The van der Waals surface area contributed by atoms with E-state index < -0.39 is 0 Å². The van der Waals surface area contributed by atoms with E-state index in [0.717, 1.165) is 13.0 Å². The second-order valence-corrected chi connectivity index (χ2v) is 5.36. The number of pyridine rings is 1. The van der Waals surface area contributed by atoms with E-state index in [1.165, 1.54) is 15.3 Å². The highest BCUT2D eigenvalue weighted by Gasteiger charge is 2.05. The number of hydrogen-bond acceptors (Lipinski definition) is 3. The summed E-state index contributed by atoms with van der Waals surface area (Å²) in [6, 6.07) is 8.92. The SMILES string of the molecule is CCc1ccc(CN[C@@H](C)c2ccncc2)s1. The zero-order valence-corrected chi connectivity index (χ0v) is 11.1. The molecular formula is C14H18N2S. The molecular weight excluding hydrogens is 228 g/mol. The molecule has 0 saturated heterocycles. The Morgan fingerprint density at radius 1 is 1.18 bits per heavy atom. The van der Waals surface area contributed by atoms with Crippen LogP contribution in [0.15, 0.2) is 36.7 Å². The maximum atomic E-state index is 4.03. The second kappa shape index (κ2) is 5.94. The van der Waals surface area contributed by atoms with Gasteiger partial charge >= 0.3 is 0 Å². The maximum Gasteiger partial charge on any atom is 0.0305 e. The van der Waals surface area contributed by atoms with Gasteiger partial charge in [0.05, 0.1) is 0 Å². The molecule has 0 aliphatic carbocycles. The molecule has 0 amide bonds. The molecule has 2 rings (SSSR count).